The number of fused-ring (bicyclic) bond motifs is 2. The van der Waals surface area contributed by atoms with Crippen LogP contribution in [0.25, 0.3) is 0 Å². The predicted octanol–water partition coefficient (Wildman–Crippen LogP) is 5.08. The van der Waals surface area contributed by atoms with Gasteiger partial charge in [0.15, 0.2) is 0 Å². The van der Waals surface area contributed by atoms with Gasteiger partial charge in [-0.1, -0.05) is 53.4 Å². The van der Waals surface area contributed by atoms with Crippen molar-refractivity contribution in [3.05, 3.63) is 98.5 Å². The molecule has 4 aromatic rings. The third-order valence-corrected chi connectivity index (χ3v) is 10.0. The fourth-order valence-corrected chi connectivity index (χ4v) is 8.31. The van der Waals surface area contributed by atoms with Gasteiger partial charge in [0.05, 0.1) is 29.3 Å². The fourth-order valence-electron chi connectivity index (χ4n) is 5.55. The Balaban J connectivity index is 1.45. The first-order chi connectivity index (χ1) is 21.0. The van der Waals surface area contributed by atoms with Gasteiger partial charge in [-0.2, -0.15) is 13.2 Å². The van der Waals surface area contributed by atoms with Crippen molar-refractivity contribution in [3.63, 3.8) is 0 Å². The topological polar surface area (TPSA) is 118 Å². The molecule has 44 heavy (non-hydrogen) atoms. The summed E-state index contributed by atoms with van der Waals surface area (Å²) in [5.74, 6) is -3.97. The van der Waals surface area contributed by atoms with Gasteiger partial charge in [-0.05, 0) is 42.5 Å². The van der Waals surface area contributed by atoms with E-state index in [0.29, 0.717) is 26.8 Å². The summed E-state index contributed by atoms with van der Waals surface area (Å²) in [4.78, 5) is 54.7. The van der Waals surface area contributed by atoms with E-state index in [0.717, 1.165) is 35.2 Å². The van der Waals surface area contributed by atoms with Gasteiger partial charge in [-0.25, -0.2) is 4.90 Å². The summed E-state index contributed by atoms with van der Waals surface area (Å²) in [7, 11) is 1.42. The van der Waals surface area contributed by atoms with Crippen molar-refractivity contribution in [3.8, 4) is 11.5 Å². The second-order valence-electron chi connectivity index (χ2n) is 10.0. The fraction of sp³-hybridized carbons (Fsp3) is 0.200. The third-order valence-electron chi connectivity index (χ3n) is 7.43. The van der Waals surface area contributed by atoms with Crippen LogP contribution in [0.5, 0.6) is 11.5 Å². The van der Waals surface area contributed by atoms with Gasteiger partial charge in [0.1, 0.15) is 23.3 Å². The molecule has 0 spiro atoms. The Bertz CT molecular complexity index is 1850. The molecule has 0 saturated carbocycles. The van der Waals surface area contributed by atoms with Crippen LogP contribution in [0, 0.1) is 5.92 Å². The monoisotopic (exact) mass is 641 g/mol. The smallest absolute Gasteiger partial charge is 0.418 e. The van der Waals surface area contributed by atoms with Crippen LogP contribution in [-0.2, 0) is 27.1 Å². The van der Waals surface area contributed by atoms with Crippen LogP contribution < -0.4 is 19.8 Å². The van der Waals surface area contributed by atoms with Gasteiger partial charge < -0.3 is 15.2 Å². The van der Waals surface area contributed by atoms with E-state index in [1.54, 1.807) is 24.3 Å². The highest BCUT2D eigenvalue weighted by Gasteiger charge is 2.58. The van der Waals surface area contributed by atoms with E-state index in [1.165, 1.54) is 48.1 Å². The van der Waals surface area contributed by atoms with E-state index in [2.05, 4.69) is 5.32 Å². The standard InChI is InChI=1S/C30H22F3N3O6S2/c1-42-20-9-5-2-6-17(20)22-23-24(27(40)36(26(23)39)19-8-4-3-7-18(19)30(31,32)33)43-28-25(22)44-29(41)35(28)14-21(38)34-15-10-12-16(37)13-11-15/h2-13,22-24,37H,14H2,1H3,(H,34,38)/t22-,23?,24?/m1/s1. The molecular formula is C30H22F3N3O6S2. The van der Waals surface area contributed by atoms with E-state index in [-0.39, 0.29) is 10.8 Å². The number of methoxy groups -OCH3 is 1. The summed E-state index contributed by atoms with van der Waals surface area (Å²) in [6.45, 7) is -0.433. The SMILES string of the molecule is COc1ccccc1[C@H]1c2sc(=O)n(CC(=O)Nc3ccc(O)cc3)c2SC2C(=O)N(c3ccccc3C(F)(F)F)C(=O)C21. The van der Waals surface area contributed by atoms with E-state index >= 15 is 0 Å². The molecule has 3 amide bonds. The van der Waals surface area contributed by atoms with Gasteiger partial charge in [0, 0.05) is 22.0 Å². The number of anilines is 2. The molecule has 3 heterocycles. The van der Waals surface area contributed by atoms with Gasteiger partial charge >= 0.3 is 11.0 Å². The molecule has 2 aliphatic heterocycles. The van der Waals surface area contributed by atoms with Crippen LogP contribution >= 0.6 is 23.1 Å². The molecule has 1 aromatic heterocycles. The number of aromatic hydroxyl groups is 1. The molecule has 1 fully saturated rings. The molecule has 9 nitrogen and oxygen atoms in total. The van der Waals surface area contributed by atoms with Crippen molar-refractivity contribution < 1.29 is 37.4 Å². The molecule has 1 saturated heterocycles. The van der Waals surface area contributed by atoms with Crippen LogP contribution in [-0.4, -0.2) is 39.8 Å². The largest absolute Gasteiger partial charge is 0.508 e. The van der Waals surface area contributed by atoms with E-state index in [4.69, 9.17) is 4.74 Å². The summed E-state index contributed by atoms with van der Waals surface area (Å²) < 4.78 is 48.7. The Kier molecular flexibility index (Phi) is 7.49. The van der Waals surface area contributed by atoms with E-state index in [1.807, 2.05) is 0 Å². The van der Waals surface area contributed by atoms with E-state index in [9.17, 15) is 37.5 Å². The number of halogens is 3. The van der Waals surface area contributed by atoms with Crippen molar-refractivity contribution in [2.75, 3.05) is 17.3 Å². The highest BCUT2D eigenvalue weighted by Crippen LogP contribution is 2.55. The second kappa shape index (κ2) is 11.2. The number of phenolic OH excluding ortho intramolecular Hbond substituents is 1. The Hall–Kier alpha value is -4.56. The lowest BCUT2D eigenvalue weighted by molar-refractivity contribution is -0.137. The van der Waals surface area contributed by atoms with E-state index < -0.39 is 63.7 Å². The molecule has 226 valence electrons. The summed E-state index contributed by atoms with van der Waals surface area (Å²) >= 11 is 1.69. The quantitative estimate of drug-likeness (QED) is 0.223. The molecule has 14 heteroatoms. The van der Waals surface area contributed by atoms with Crippen molar-refractivity contribution in [2.24, 2.45) is 5.92 Å². The number of amides is 3. The van der Waals surface area contributed by atoms with Gasteiger partial charge in [-0.3, -0.25) is 23.7 Å². The Morgan fingerprint density at radius 1 is 0.977 bits per heavy atom. The number of nitrogens with one attached hydrogen (secondary N) is 1. The molecule has 0 radical (unpaired) electrons. The number of alkyl halides is 3. The zero-order chi connectivity index (χ0) is 31.3. The first-order valence-electron chi connectivity index (χ1n) is 13.2. The van der Waals surface area contributed by atoms with Crippen LogP contribution in [0.4, 0.5) is 24.5 Å². The Labute approximate surface area is 255 Å². The van der Waals surface area contributed by atoms with Crippen LogP contribution in [0.2, 0.25) is 0 Å². The van der Waals surface area contributed by atoms with Crippen LogP contribution in [0.1, 0.15) is 21.9 Å². The lowest BCUT2D eigenvalue weighted by Crippen LogP contribution is -2.33. The van der Waals surface area contributed by atoms with Crippen molar-refractivity contribution >= 4 is 52.2 Å². The summed E-state index contributed by atoms with van der Waals surface area (Å²) in [5, 5.41) is 11.2. The number of benzene rings is 3. The number of hydrogen-bond acceptors (Lipinski definition) is 8. The number of phenols is 1. The number of ether oxygens (including phenoxy) is 1. The molecule has 0 aliphatic carbocycles. The number of para-hydroxylation sites is 2. The second-order valence-corrected chi connectivity index (χ2v) is 12.2. The maximum Gasteiger partial charge on any atom is 0.418 e. The number of nitrogens with zero attached hydrogens (tertiary/aromatic N) is 2. The van der Waals surface area contributed by atoms with Gasteiger partial charge in [0.2, 0.25) is 17.7 Å². The number of rotatable bonds is 6. The number of hydrogen-bond donors (Lipinski definition) is 2. The van der Waals surface area contributed by atoms with Crippen LogP contribution in [0.3, 0.4) is 0 Å². The minimum atomic E-state index is -4.83. The third kappa shape index (κ3) is 5.03. The molecular weight excluding hydrogens is 619 g/mol. The number of carbonyl (C=O) groups excluding carboxylic acids is 3. The predicted molar refractivity (Wildman–Crippen MR) is 157 cm³/mol. The lowest BCUT2D eigenvalue weighted by atomic mass is 9.82. The average Bonchev–Trinajstić information content (AvgIpc) is 3.44. The first kappa shape index (κ1) is 29.5. The molecule has 0 bridgehead atoms. The van der Waals surface area contributed by atoms with Crippen molar-refractivity contribution in [1.82, 2.24) is 4.57 Å². The molecule has 2 aliphatic rings. The summed E-state index contributed by atoms with van der Waals surface area (Å²) in [6.07, 6.45) is -4.83. The molecule has 6 rings (SSSR count). The maximum atomic E-state index is 14.0. The minimum Gasteiger partial charge on any atom is -0.508 e. The van der Waals surface area contributed by atoms with Crippen LogP contribution in [0.15, 0.2) is 82.6 Å². The minimum absolute atomic E-state index is 0.00198. The first-order valence-corrected chi connectivity index (χ1v) is 14.8. The number of imide groups is 1. The number of thiazole rings is 1. The van der Waals surface area contributed by atoms with Gasteiger partial charge in [-0.15, -0.1) is 0 Å². The zero-order valence-electron chi connectivity index (χ0n) is 22.7. The molecule has 2 unspecified atom stereocenters. The summed E-state index contributed by atoms with van der Waals surface area (Å²) in [5.41, 5.74) is -0.852. The number of thioether (sulfide) groups is 1. The molecule has 3 aromatic carbocycles. The normalized spacial score (nSPS) is 19.5. The number of carbonyl (C=O) groups is 3. The highest BCUT2D eigenvalue weighted by molar-refractivity contribution is 8.00. The zero-order valence-corrected chi connectivity index (χ0v) is 24.3. The van der Waals surface area contributed by atoms with Crippen molar-refractivity contribution in [2.45, 2.75) is 28.9 Å². The van der Waals surface area contributed by atoms with Gasteiger partial charge in [0.25, 0.3) is 0 Å². The maximum absolute atomic E-state index is 14.0. The average molecular weight is 642 g/mol. The Morgan fingerprint density at radius 2 is 1.66 bits per heavy atom. The summed E-state index contributed by atoms with van der Waals surface area (Å²) in [6, 6.07) is 16.8. The number of aromatic nitrogens is 1. The van der Waals surface area contributed by atoms with Crippen molar-refractivity contribution in [1.29, 1.82) is 0 Å². The lowest BCUT2D eigenvalue weighted by Gasteiger charge is -2.31. The highest BCUT2D eigenvalue weighted by atomic mass is 32.2. The Morgan fingerprint density at radius 3 is 2.36 bits per heavy atom. The molecule has 2 N–H and O–H groups in total. The molecule has 3 atom stereocenters.